The molecule has 0 radical (unpaired) electrons. The van der Waals surface area contributed by atoms with Gasteiger partial charge in [-0.15, -0.1) is 0 Å². The van der Waals surface area contributed by atoms with Crippen LogP contribution in [0.1, 0.15) is 0 Å². The van der Waals surface area contributed by atoms with Crippen LogP contribution >= 0.6 is 0 Å². The first-order valence-electron chi connectivity index (χ1n) is 6.79. The van der Waals surface area contributed by atoms with E-state index >= 15 is 0 Å². The zero-order valence-electron chi connectivity index (χ0n) is 12.6. The Kier molecular flexibility index (Phi) is 3.78. The number of hydrogen-bond donors (Lipinski definition) is 2. The fourth-order valence-corrected chi connectivity index (χ4v) is 4.06. The Balaban J connectivity index is 2.13. The summed E-state index contributed by atoms with van der Waals surface area (Å²) < 4.78 is 36.9. The molecule has 0 saturated heterocycles. The molecule has 1 heterocycles. The van der Waals surface area contributed by atoms with Gasteiger partial charge in [0.05, 0.1) is 25.6 Å². The SMILES string of the molecule is COc1ccc(N2C(O)Nc3ccccc3S2(=O)=O)cc1OC. The number of para-hydroxylation sites is 1. The number of sulfonamides is 1. The highest BCUT2D eigenvalue weighted by Crippen LogP contribution is 2.38. The average molecular weight is 336 g/mol. The van der Waals surface area contributed by atoms with E-state index in [4.69, 9.17) is 9.47 Å². The number of rotatable bonds is 3. The van der Waals surface area contributed by atoms with Crippen molar-refractivity contribution in [3.05, 3.63) is 42.5 Å². The topological polar surface area (TPSA) is 88.1 Å². The molecule has 23 heavy (non-hydrogen) atoms. The Hall–Kier alpha value is -2.45. The molecule has 1 aliphatic rings. The van der Waals surface area contributed by atoms with E-state index in [1.54, 1.807) is 24.3 Å². The van der Waals surface area contributed by atoms with Crippen molar-refractivity contribution in [2.45, 2.75) is 11.2 Å². The number of nitrogens with one attached hydrogen (secondary N) is 1. The van der Waals surface area contributed by atoms with E-state index in [0.717, 1.165) is 4.31 Å². The number of aliphatic hydroxyl groups excluding tert-OH is 1. The third-order valence-electron chi connectivity index (χ3n) is 3.55. The number of methoxy groups -OCH3 is 2. The van der Waals surface area contributed by atoms with Crippen molar-refractivity contribution in [1.29, 1.82) is 0 Å². The lowest BCUT2D eigenvalue weighted by Gasteiger charge is -2.35. The van der Waals surface area contributed by atoms with Crippen LogP contribution in [0.2, 0.25) is 0 Å². The first-order valence-corrected chi connectivity index (χ1v) is 8.23. The predicted octanol–water partition coefficient (Wildman–Crippen LogP) is 1.60. The van der Waals surface area contributed by atoms with Gasteiger partial charge in [-0.1, -0.05) is 12.1 Å². The van der Waals surface area contributed by atoms with E-state index in [-0.39, 0.29) is 10.6 Å². The molecule has 1 atom stereocenters. The van der Waals surface area contributed by atoms with Crippen LogP contribution in [0.3, 0.4) is 0 Å². The van der Waals surface area contributed by atoms with Crippen molar-refractivity contribution in [3.8, 4) is 11.5 Å². The minimum Gasteiger partial charge on any atom is -0.493 e. The molecular formula is C15H16N2O5S. The van der Waals surface area contributed by atoms with Crippen LogP contribution in [0.15, 0.2) is 47.4 Å². The molecule has 0 saturated carbocycles. The van der Waals surface area contributed by atoms with Gasteiger partial charge >= 0.3 is 0 Å². The molecule has 0 amide bonds. The molecule has 7 nitrogen and oxygen atoms in total. The monoisotopic (exact) mass is 336 g/mol. The summed E-state index contributed by atoms with van der Waals surface area (Å²) in [5.41, 5.74) is 0.619. The quantitative estimate of drug-likeness (QED) is 0.885. The molecular weight excluding hydrogens is 320 g/mol. The van der Waals surface area contributed by atoms with Crippen molar-refractivity contribution >= 4 is 21.4 Å². The summed E-state index contributed by atoms with van der Waals surface area (Å²) in [5, 5.41) is 13.0. The van der Waals surface area contributed by atoms with E-state index in [2.05, 4.69) is 5.32 Å². The first kappa shape index (κ1) is 15.4. The van der Waals surface area contributed by atoms with Crippen molar-refractivity contribution < 1.29 is 23.0 Å². The van der Waals surface area contributed by atoms with Crippen molar-refractivity contribution in [2.75, 3.05) is 23.8 Å². The highest BCUT2D eigenvalue weighted by Gasteiger charge is 2.37. The normalized spacial score (nSPS) is 18.7. The number of aliphatic hydroxyl groups is 1. The summed E-state index contributed by atoms with van der Waals surface area (Å²) in [5.74, 6) is 0.833. The Labute approximate surface area is 134 Å². The Morgan fingerprint density at radius 2 is 1.78 bits per heavy atom. The molecule has 0 fully saturated rings. The predicted molar refractivity (Wildman–Crippen MR) is 85.3 cm³/mol. The molecule has 0 aliphatic carbocycles. The molecule has 1 aliphatic heterocycles. The largest absolute Gasteiger partial charge is 0.493 e. The number of nitrogens with zero attached hydrogens (tertiary/aromatic N) is 1. The molecule has 0 spiro atoms. The molecule has 8 heteroatoms. The number of anilines is 2. The van der Waals surface area contributed by atoms with Crippen LogP contribution in [0.25, 0.3) is 0 Å². The van der Waals surface area contributed by atoms with Gasteiger partial charge in [-0.25, -0.2) is 12.7 Å². The summed E-state index contributed by atoms with van der Waals surface area (Å²) in [4.78, 5) is 0.0973. The minimum atomic E-state index is -3.91. The summed E-state index contributed by atoms with van der Waals surface area (Å²) in [6, 6.07) is 11.0. The highest BCUT2D eigenvalue weighted by molar-refractivity contribution is 7.93. The number of benzene rings is 2. The van der Waals surface area contributed by atoms with Crippen LogP contribution in [0.5, 0.6) is 11.5 Å². The van der Waals surface area contributed by atoms with E-state index in [1.165, 1.54) is 32.4 Å². The molecule has 0 bridgehead atoms. The Morgan fingerprint density at radius 3 is 2.48 bits per heavy atom. The summed E-state index contributed by atoms with van der Waals surface area (Å²) in [6.07, 6.45) is -1.42. The van der Waals surface area contributed by atoms with Gasteiger partial charge in [0, 0.05) is 6.07 Å². The maximum absolute atomic E-state index is 12.8. The van der Waals surface area contributed by atoms with Gasteiger partial charge in [0.25, 0.3) is 10.0 Å². The van der Waals surface area contributed by atoms with Crippen LogP contribution in [0, 0.1) is 0 Å². The third kappa shape index (κ3) is 2.45. The van der Waals surface area contributed by atoms with Crippen LogP contribution in [0.4, 0.5) is 11.4 Å². The van der Waals surface area contributed by atoms with Gasteiger partial charge in [-0.2, -0.15) is 0 Å². The molecule has 0 aromatic heterocycles. The van der Waals surface area contributed by atoms with Gasteiger partial charge < -0.3 is 19.9 Å². The van der Waals surface area contributed by atoms with E-state index in [0.29, 0.717) is 17.2 Å². The first-order chi connectivity index (χ1) is 11.0. The van der Waals surface area contributed by atoms with Crippen LogP contribution in [-0.2, 0) is 10.0 Å². The van der Waals surface area contributed by atoms with Gasteiger partial charge in [0.1, 0.15) is 4.90 Å². The molecule has 122 valence electrons. The molecule has 2 aromatic carbocycles. The Morgan fingerprint density at radius 1 is 1.09 bits per heavy atom. The van der Waals surface area contributed by atoms with E-state index < -0.39 is 16.4 Å². The molecule has 3 rings (SSSR count). The van der Waals surface area contributed by atoms with Gasteiger partial charge in [-0.05, 0) is 24.3 Å². The number of ether oxygens (including phenoxy) is 2. The van der Waals surface area contributed by atoms with Crippen molar-refractivity contribution in [3.63, 3.8) is 0 Å². The summed E-state index contributed by atoms with van der Waals surface area (Å²) in [7, 11) is -0.963. The van der Waals surface area contributed by atoms with Crippen LogP contribution in [-0.4, -0.2) is 34.1 Å². The zero-order valence-corrected chi connectivity index (χ0v) is 13.4. The van der Waals surface area contributed by atoms with Gasteiger partial charge in [-0.3, -0.25) is 0 Å². The van der Waals surface area contributed by atoms with Crippen molar-refractivity contribution in [1.82, 2.24) is 0 Å². The standard InChI is InChI=1S/C15H16N2O5S/c1-21-12-8-7-10(9-13(12)22-2)17-15(18)16-11-5-3-4-6-14(11)23(17,19)20/h3-9,15-16,18H,1-2H3. The second-order valence-corrected chi connectivity index (χ2v) is 6.64. The Bertz CT molecular complexity index is 838. The highest BCUT2D eigenvalue weighted by atomic mass is 32.2. The summed E-state index contributed by atoms with van der Waals surface area (Å²) in [6.45, 7) is 0. The molecule has 1 unspecified atom stereocenters. The maximum Gasteiger partial charge on any atom is 0.269 e. The smallest absolute Gasteiger partial charge is 0.269 e. The van der Waals surface area contributed by atoms with Gasteiger partial charge in [0.15, 0.2) is 11.5 Å². The van der Waals surface area contributed by atoms with E-state index in [1.807, 2.05) is 0 Å². The third-order valence-corrected chi connectivity index (χ3v) is 5.39. The second-order valence-electron chi connectivity index (χ2n) is 4.85. The maximum atomic E-state index is 12.8. The fraction of sp³-hybridized carbons (Fsp3) is 0.200. The van der Waals surface area contributed by atoms with Crippen LogP contribution < -0.4 is 19.1 Å². The fourth-order valence-electron chi connectivity index (χ4n) is 2.49. The number of fused-ring (bicyclic) bond motifs is 1. The summed E-state index contributed by atoms with van der Waals surface area (Å²) >= 11 is 0. The molecule has 2 aromatic rings. The van der Waals surface area contributed by atoms with Crippen molar-refractivity contribution in [2.24, 2.45) is 0 Å². The lowest BCUT2D eigenvalue weighted by Crippen LogP contribution is -2.48. The lowest BCUT2D eigenvalue weighted by molar-refractivity contribution is 0.213. The number of hydrogen-bond acceptors (Lipinski definition) is 6. The second kappa shape index (κ2) is 5.64. The zero-order chi connectivity index (χ0) is 16.6. The van der Waals surface area contributed by atoms with Gasteiger partial charge in [0.2, 0.25) is 6.35 Å². The van der Waals surface area contributed by atoms with E-state index in [9.17, 15) is 13.5 Å². The molecule has 2 N–H and O–H groups in total. The lowest BCUT2D eigenvalue weighted by atomic mass is 10.2. The minimum absolute atomic E-state index is 0.0973. The average Bonchev–Trinajstić information content (AvgIpc) is 2.54.